The summed E-state index contributed by atoms with van der Waals surface area (Å²) in [6.07, 6.45) is -1.70. The highest BCUT2D eigenvalue weighted by atomic mass is 19.4. The minimum absolute atomic E-state index is 0.428. The van der Waals surface area contributed by atoms with Crippen LogP contribution in [0.1, 0.15) is 25.3 Å². The monoisotopic (exact) mass is 387 g/mol. The number of guanidine groups is 1. The number of hydrogen-bond acceptors (Lipinski definition) is 4. The predicted molar refractivity (Wildman–Crippen MR) is 99.9 cm³/mol. The summed E-state index contributed by atoms with van der Waals surface area (Å²) in [5.41, 5.74) is -0.747. The van der Waals surface area contributed by atoms with Gasteiger partial charge in [-0.1, -0.05) is 0 Å². The standard InChI is InChI=1S/C18H28F3N5O/c1-3-22-17(26(2)12-14-7-10-27-13-14)24-9-4-8-23-16-6-5-15(11-25-16)18(19,20)21/h5-6,11,14H,3-4,7-10,12-13H2,1-2H3,(H,22,24)(H,23,25). The lowest BCUT2D eigenvalue weighted by Crippen LogP contribution is -2.41. The van der Waals surface area contributed by atoms with E-state index >= 15 is 0 Å². The van der Waals surface area contributed by atoms with Gasteiger partial charge in [0, 0.05) is 51.9 Å². The molecular weight excluding hydrogens is 359 g/mol. The molecule has 6 nitrogen and oxygen atoms in total. The number of rotatable bonds is 8. The Balaban J connectivity index is 1.74. The highest BCUT2D eigenvalue weighted by Gasteiger charge is 2.30. The van der Waals surface area contributed by atoms with Crippen molar-refractivity contribution in [3.05, 3.63) is 23.9 Å². The minimum atomic E-state index is -4.36. The van der Waals surface area contributed by atoms with Crippen molar-refractivity contribution in [3.63, 3.8) is 0 Å². The molecule has 2 heterocycles. The molecule has 1 aliphatic heterocycles. The molecule has 1 aliphatic rings. The summed E-state index contributed by atoms with van der Waals surface area (Å²) >= 11 is 0. The van der Waals surface area contributed by atoms with Crippen LogP contribution in [0.5, 0.6) is 0 Å². The molecule has 0 aromatic carbocycles. The summed E-state index contributed by atoms with van der Waals surface area (Å²) in [5, 5.41) is 6.30. The highest BCUT2D eigenvalue weighted by Crippen LogP contribution is 2.28. The summed E-state index contributed by atoms with van der Waals surface area (Å²) in [7, 11) is 2.02. The number of aliphatic imine (C=N–C) groups is 1. The number of nitrogens with zero attached hydrogens (tertiary/aromatic N) is 3. The topological polar surface area (TPSA) is 61.8 Å². The zero-order valence-corrected chi connectivity index (χ0v) is 15.9. The number of alkyl halides is 3. The third-order valence-electron chi connectivity index (χ3n) is 4.25. The van der Waals surface area contributed by atoms with E-state index in [0.717, 1.165) is 57.4 Å². The van der Waals surface area contributed by atoms with E-state index in [1.54, 1.807) is 0 Å². The number of pyridine rings is 1. The molecule has 0 radical (unpaired) electrons. The third-order valence-corrected chi connectivity index (χ3v) is 4.25. The first kappa shape index (κ1) is 21.3. The SMILES string of the molecule is CCNC(=NCCCNc1ccc(C(F)(F)F)cn1)N(C)CC1CCOC1. The lowest BCUT2D eigenvalue weighted by Gasteiger charge is -2.24. The van der Waals surface area contributed by atoms with Gasteiger partial charge < -0.3 is 20.3 Å². The second-order valence-corrected chi connectivity index (χ2v) is 6.56. The van der Waals surface area contributed by atoms with Crippen molar-refractivity contribution in [2.24, 2.45) is 10.9 Å². The lowest BCUT2D eigenvalue weighted by atomic mass is 10.1. The molecule has 1 aromatic rings. The molecule has 2 rings (SSSR count). The summed E-state index contributed by atoms with van der Waals surface area (Å²) in [5.74, 6) is 1.82. The van der Waals surface area contributed by atoms with E-state index in [4.69, 9.17) is 4.74 Å². The molecule has 0 aliphatic carbocycles. The van der Waals surface area contributed by atoms with E-state index in [0.29, 0.717) is 24.8 Å². The Morgan fingerprint density at radius 1 is 1.41 bits per heavy atom. The molecule has 0 bridgehead atoms. The zero-order chi connectivity index (χ0) is 19.7. The van der Waals surface area contributed by atoms with Crippen molar-refractivity contribution in [2.75, 3.05) is 51.8 Å². The van der Waals surface area contributed by atoms with Crippen molar-refractivity contribution in [1.82, 2.24) is 15.2 Å². The highest BCUT2D eigenvalue weighted by molar-refractivity contribution is 5.79. The van der Waals surface area contributed by atoms with E-state index in [9.17, 15) is 13.2 Å². The van der Waals surface area contributed by atoms with Gasteiger partial charge in [0.05, 0.1) is 12.2 Å². The van der Waals surface area contributed by atoms with Crippen LogP contribution in [-0.2, 0) is 10.9 Å². The summed E-state index contributed by atoms with van der Waals surface area (Å²) < 4.78 is 43.0. The van der Waals surface area contributed by atoms with Crippen LogP contribution in [0.4, 0.5) is 19.0 Å². The number of aromatic nitrogens is 1. The Hall–Kier alpha value is -2.03. The van der Waals surface area contributed by atoms with Crippen LogP contribution < -0.4 is 10.6 Å². The van der Waals surface area contributed by atoms with Gasteiger partial charge in [0.25, 0.3) is 0 Å². The minimum Gasteiger partial charge on any atom is -0.381 e. The first-order valence-electron chi connectivity index (χ1n) is 9.24. The van der Waals surface area contributed by atoms with Gasteiger partial charge in [-0.25, -0.2) is 4.98 Å². The summed E-state index contributed by atoms with van der Waals surface area (Å²) in [6, 6.07) is 2.37. The van der Waals surface area contributed by atoms with Crippen molar-refractivity contribution in [1.29, 1.82) is 0 Å². The van der Waals surface area contributed by atoms with Crippen LogP contribution in [0.15, 0.2) is 23.3 Å². The molecule has 1 unspecified atom stereocenters. The Kier molecular flexibility index (Phi) is 8.15. The number of anilines is 1. The number of halogens is 3. The second-order valence-electron chi connectivity index (χ2n) is 6.56. The normalized spacial score (nSPS) is 17.8. The Morgan fingerprint density at radius 2 is 2.22 bits per heavy atom. The first-order chi connectivity index (χ1) is 12.9. The molecule has 1 aromatic heterocycles. The van der Waals surface area contributed by atoms with Gasteiger partial charge in [0.1, 0.15) is 5.82 Å². The molecule has 0 amide bonds. The summed E-state index contributed by atoms with van der Waals surface area (Å²) in [4.78, 5) is 10.5. The van der Waals surface area contributed by atoms with E-state index in [1.807, 2.05) is 14.0 Å². The number of nitrogens with one attached hydrogen (secondary N) is 2. The third kappa shape index (κ3) is 7.24. The lowest BCUT2D eigenvalue weighted by molar-refractivity contribution is -0.137. The van der Waals surface area contributed by atoms with Crippen molar-refractivity contribution in [2.45, 2.75) is 25.9 Å². The maximum atomic E-state index is 12.5. The summed E-state index contributed by atoms with van der Waals surface area (Å²) in [6.45, 7) is 6.55. The molecule has 27 heavy (non-hydrogen) atoms. The Bertz CT molecular complexity index is 586. The first-order valence-corrected chi connectivity index (χ1v) is 9.24. The van der Waals surface area contributed by atoms with Gasteiger partial charge in [0.15, 0.2) is 5.96 Å². The van der Waals surface area contributed by atoms with Gasteiger partial charge in [-0.3, -0.25) is 4.99 Å². The maximum Gasteiger partial charge on any atom is 0.417 e. The Morgan fingerprint density at radius 3 is 2.81 bits per heavy atom. The van der Waals surface area contributed by atoms with Crippen LogP contribution in [0.2, 0.25) is 0 Å². The molecule has 1 saturated heterocycles. The molecule has 1 fully saturated rings. The van der Waals surface area contributed by atoms with E-state index < -0.39 is 11.7 Å². The van der Waals surface area contributed by atoms with E-state index in [1.165, 1.54) is 6.07 Å². The van der Waals surface area contributed by atoms with Crippen molar-refractivity contribution in [3.8, 4) is 0 Å². The molecule has 152 valence electrons. The maximum absolute atomic E-state index is 12.5. The van der Waals surface area contributed by atoms with Crippen LogP contribution >= 0.6 is 0 Å². The van der Waals surface area contributed by atoms with Gasteiger partial charge in [-0.15, -0.1) is 0 Å². The van der Waals surface area contributed by atoms with Crippen molar-refractivity contribution >= 4 is 11.8 Å². The van der Waals surface area contributed by atoms with Crippen LogP contribution in [0, 0.1) is 5.92 Å². The van der Waals surface area contributed by atoms with Gasteiger partial charge in [-0.05, 0) is 31.9 Å². The average Bonchev–Trinajstić information content (AvgIpc) is 3.13. The van der Waals surface area contributed by atoms with Gasteiger partial charge in [-0.2, -0.15) is 13.2 Å². The van der Waals surface area contributed by atoms with Gasteiger partial charge in [0.2, 0.25) is 0 Å². The fourth-order valence-corrected chi connectivity index (χ4v) is 2.82. The smallest absolute Gasteiger partial charge is 0.381 e. The molecular formula is C18H28F3N5O. The average molecular weight is 387 g/mol. The molecule has 0 spiro atoms. The van der Waals surface area contributed by atoms with Crippen LogP contribution in [-0.4, -0.2) is 62.3 Å². The number of hydrogen-bond donors (Lipinski definition) is 2. The van der Waals surface area contributed by atoms with Crippen LogP contribution in [0.25, 0.3) is 0 Å². The van der Waals surface area contributed by atoms with E-state index in [-0.39, 0.29) is 0 Å². The zero-order valence-electron chi connectivity index (χ0n) is 15.9. The quantitative estimate of drug-likeness (QED) is 0.408. The Labute approximate surface area is 158 Å². The van der Waals surface area contributed by atoms with E-state index in [2.05, 4.69) is 25.5 Å². The van der Waals surface area contributed by atoms with Crippen LogP contribution in [0.3, 0.4) is 0 Å². The molecule has 1 atom stereocenters. The molecule has 9 heteroatoms. The fourth-order valence-electron chi connectivity index (χ4n) is 2.82. The second kappa shape index (κ2) is 10.3. The molecule has 2 N–H and O–H groups in total. The van der Waals surface area contributed by atoms with Crippen molar-refractivity contribution < 1.29 is 17.9 Å². The van der Waals surface area contributed by atoms with Gasteiger partial charge >= 0.3 is 6.18 Å². The largest absolute Gasteiger partial charge is 0.417 e. The number of ether oxygens (including phenoxy) is 1. The fraction of sp³-hybridized carbons (Fsp3) is 0.667. The predicted octanol–water partition coefficient (Wildman–Crippen LogP) is 2.84. The molecule has 0 saturated carbocycles.